The molecule has 1 aromatic heterocycles. The first-order valence-electron chi connectivity index (χ1n) is 7.66. The lowest BCUT2D eigenvalue weighted by molar-refractivity contribution is 0.415. The van der Waals surface area contributed by atoms with Crippen LogP contribution < -0.4 is 10.5 Å². The predicted molar refractivity (Wildman–Crippen MR) is 89.3 cm³/mol. The lowest BCUT2D eigenvalue weighted by Gasteiger charge is -2.20. The first kappa shape index (κ1) is 14.7. The van der Waals surface area contributed by atoms with Crippen molar-refractivity contribution in [3.63, 3.8) is 0 Å². The topological polar surface area (TPSA) is 48.1 Å². The van der Waals surface area contributed by atoms with Crippen LogP contribution in [0.2, 0.25) is 0 Å². The van der Waals surface area contributed by atoms with E-state index in [1.807, 2.05) is 17.8 Å². The van der Waals surface area contributed by atoms with E-state index in [1.165, 1.54) is 34.4 Å². The number of methoxy groups -OCH3 is 1. The van der Waals surface area contributed by atoms with Crippen molar-refractivity contribution >= 4 is 22.7 Å². The van der Waals surface area contributed by atoms with Crippen molar-refractivity contribution in [2.24, 2.45) is 5.73 Å². The Hall–Kier alpha value is -1.26. The normalized spacial score (nSPS) is 14.2. The van der Waals surface area contributed by atoms with Gasteiger partial charge in [-0.3, -0.25) is 4.98 Å². The molecule has 1 heterocycles. The standard InChI is InChI=1S/C17H22N2OS/c1-20-12-7-8-16-14(11-12)17(21-10-4-9-18)13-5-2-3-6-15(13)19-16/h7-8,11H,2-6,9-10,18H2,1H3. The monoisotopic (exact) mass is 302 g/mol. The number of hydrogen-bond acceptors (Lipinski definition) is 4. The number of nitrogens with two attached hydrogens (primary N) is 1. The second-order valence-corrected chi connectivity index (χ2v) is 6.55. The molecule has 112 valence electrons. The van der Waals surface area contributed by atoms with Gasteiger partial charge in [0, 0.05) is 16.0 Å². The third kappa shape index (κ3) is 3.01. The quantitative estimate of drug-likeness (QED) is 0.677. The largest absolute Gasteiger partial charge is 0.497 e. The zero-order chi connectivity index (χ0) is 14.7. The molecule has 1 aliphatic carbocycles. The Kier molecular flexibility index (Phi) is 4.66. The molecule has 3 rings (SSSR count). The van der Waals surface area contributed by atoms with E-state index in [1.54, 1.807) is 7.11 Å². The third-order valence-electron chi connectivity index (χ3n) is 4.01. The Morgan fingerprint density at radius 3 is 2.95 bits per heavy atom. The molecular weight excluding hydrogens is 280 g/mol. The van der Waals surface area contributed by atoms with Crippen LogP contribution in [-0.2, 0) is 12.8 Å². The smallest absolute Gasteiger partial charge is 0.119 e. The molecule has 2 N–H and O–H groups in total. The van der Waals surface area contributed by atoms with Gasteiger partial charge in [-0.15, -0.1) is 11.8 Å². The number of nitrogens with zero attached hydrogens (tertiary/aromatic N) is 1. The van der Waals surface area contributed by atoms with E-state index in [4.69, 9.17) is 15.5 Å². The number of thioether (sulfide) groups is 1. The van der Waals surface area contributed by atoms with E-state index in [2.05, 4.69) is 12.1 Å². The molecule has 3 nitrogen and oxygen atoms in total. The molecule has 0 unspecified atom stereocenters. The van der Waals surface area contributed by atoms with Crippen molar-refractivity contribution < 1.29 is 4.74 Å². The van der Waals surface area contributed by atoms with Crippen LogP contribution in [0.5, 0.6) is 5.75 Å². The summed E-state index contributed by atoms with van der Waals surface area (Å²) in [5, 5.41) is 1.23. The SMILES string of the molecule is COc1ccc2nc3c(c(SCCCN)c2c1)CCCC3. The van der Waals surface area contributed by atoms with Crippen molar-refractivity contribution in [3.05, 3.63) is 29.5 Å². The Morgan fingerprint density at radius 2 is 2.14 bits per heavy atom. The summed E-state index contributed by atoms with van der Waals surface area (Å²) in [6.45, 7) is 0.752. The molecule has 0 saturated heterocycles. The molecule has 0 aliphatic heterocycles. The van der Waals surface area contributed by atoms with Gasteiger partial charge in [-0.1, -0.05) is 0 Å². The number of fused-ring (bicyclic) bond motifs is 2. The van der Waals surface area contributed by atoms with Gasteiger partial charge in [0.15, 0.2) is 0 Å². The molecule has 0 saturated carbocycles. The van der Waals surface area contributed by atoms with Gasteiger partial charge >= 0.3 is 0 Å². The summed E-state index contributed by atoms with van der Waals surface area (Å²) < 4.78 is 5.39. The second kappa shape index (κ2) is 6.67. The van der Waals surface area contributed by atoms with Crippen LogP contribution in [0, 0.1) is 0 Å². The minimum absolute atomic E-state index is 0.752. The van der Waals surface area contributed by atoms with Crippen molar-refractivity contribution in [1.29, 1.82) is 0 Å². The van der Waals surface area contributed by atoms with E-state index in [9.17, 15) is 0 Å². The van der Waals surface area contributed by atoms with Gasteiger partial charge in [0.2, 0.25) is 0 Å². The number of ether oxygens (including phenoxy) is 1. The van der Waals surface area contributed by atoms with Crippen LogP contribution in [-0.4, -0.2) is 24.4 Å². The molecule has 1 aromatic carbocycles. The van der Waals surface area contributed by atoms with E-state index in [0.29, 0.717) is 0 Å². The molecule has 0 atom stereocenters. The highest BCUT2D eigenvalue weighted by Crippen LogP contribution is 2.37. The third-order valence-corrected chi connectivity index (χ3v) is 5.26. The van der Waals surface area contributed by atoms with Gasteiger partial charge in [0.05, 0.1) is 12.6 Å². The summed E-state index contributed by atoms with van der Waals surface area (Å²) in [6, 6.07) is 6.21. The van der Waals surface area contributed by atoms with Gasteiger partial charge in [0.25, 0.3) is 0 Å². The molecule has 0 amide bonds. The number of pyridine rings is 1. The first-order chi connectivity index (χ1) is 10.3. The summed E-state index contributed by atoms with van der Waals surface area (Å²) in [6.07, 6.45) is 5.85. The Balaban J connectivity index is 2.11. The Bertz CT molecular complexity index is 642. The highest BCUT2D eigenvalue weighted by molar-refractivity contribution is 7.99. The minimum atomic E-state index is 0.752. The molecule has 1 aliphatic rings. The van der Waals surface area contributed by atoms with Crippen LogP contribution in [0.15, 0.2) is 23.1 Å². The molecule has 0 bridgehead atoms. The van der Waals surface area contributed by atoms with Crippen molar-refractivity contribution in [2.75, 3.05) is 19.4 Å². The number of rotatable bonds is 5. The van der Waals surface area contributed by atoms with Crippen LogP contribution in [0.25, 0.3) is 10.9 Å². The van der Waals surface area contributed by atoms with Gasteiger partial charge in [-0.05, 0) is 68.2 Å². The Morgan fingerprint density at radius 1 is 1.29 bits per heavy atom. The highest BCUT2D eigenvalue weighted by Gasteiger charge is 2.18. The van der Waals surface area contributed by atoms with E-state index >= 15 is 0 Å². The molecule has 0 radical (unpaired) electrons. The van der Waals surface area contributed by atoms with Crippen LogP contribution in [0.3, 0.4) is 0 Å². The lowest BCUT2D eigenvalue weighted by atomic mass is 9.94. The lowest BCUT2D eigenvalue weighted by Crippen LogP contribution is -2.08. The van der Waals surface area contributed by atoms with Gasteiger partial charge in [-0.2, -0.15) is 0 Å². The van der Waals surface area contributed by atoms with E-state index in [0.717, 1.165) is 42.8 Å². The fourth-order valence-electron chi connectivity index (χ4n) is 2.91. The van der Waals surface area contributed by atoms with Crippen molar-refractivity contribution in [3.8, 4) is 5.75 Å². The molecule has 4 heteroatoms. The summed E-state index contributed by atoms with van der Waals surface area (Å²) in [7, 11) is 1.72. The number of hydrogen-bond donors (Lipinski definition) is 1. The fraction of sp³-hybridized carbons (Fsp3) is 0.471. The maximum absolute atomic E-state index is 5.64. The maximum atomic E-state index is 5.64. The Labute approximate surface area is 130 Å². The highest BCUT2D eigenvalue weighted by atomic mass is 32.2. The van der Waals surface area contributed by atoms with Crippen LogP contribution in [0.1, 0.15) is 30.5 Å². The predicted octanol–water partition coefficient (Wildman–Crippen LogP) is 3.56. The fourth-order valence-corrected chi connectivity index (χ4v) is 4.14. The number of aromatic nitrogens is 1. The van der Waals surface area contributed by atoms with Gasteiger partial charge < -0.3 is 10.5 Å². The molecular formula is C17H22N2OS. The number of aryl methyl sites for hydroxylation is 1. The molecule has 2 aromatic rings. The van der Waals surface area contributed by atoms with Crippen LogP contribution >= 0.6 is 11.8 Å². The summed E-state index contributed by atoms with van der Waals surface area (Å²) in [5.74, 6) is 1.97. The minimum Gasteiger partial charge on any atom is -0.497 e. The average Bonchev–Trinajstić information content (AvgIpc) is 2.54. The molecule has 0 spiro atoms. The zero-order valence-electron chi connectivity index (χ0n) is 12.5. The molecule has 21 heavy (non-hydrogen) atoms. The summed E-state index contributed by atoms with van der Waals surface area (Å²) in [5.41, 5.74) is 9.49. The zero-order valence-corrected chi connectivity index (χ0v) is 13.3. The average molecular weight is 302 g/mol. The van der Waals surface area contributed by atoms with Gasteiger partial charge in [0.1, 0.15) is 5.75 Å². The number of benzene rings is 1. The maximum Gasteiger partial charge on any atom is 0.119 e. The van der Waals surface area contributed by atoms with Crippen molar-refractivity contribution in [2.45, 2.75) is 37.0 Å². The van der Waals surface area contributed by atoms with Crippen molar-refractivity contribution in [1.82, 2.24) is 4.98 Å². The summed E-state index contributed by atoms with van der Waals surface area (Å²) >= 11 is 1.93. The first-order valence-corrected chi connectivity index (χ1v) is 8.64. The van der Waals surface area contributed by atoms with E-state index in [-0.39, 0.29) is 0 Å². The summed E-state index contributed by atoms with van der Waals surface area (Å²) in [4.78, 5) is 6.29. The molecule has 0 fully saturated rings. The van der Waals surface area contributed by atoms with Gasteiger partial charge in [-0.25, -0.2) is 0 Å². The van der Waals surface area contributed by atoms with Crippen LogP contribution in [0.4, 0.5) is 0 Å². The second-order valence-electron chi connectivity index (χ2n) is 5.45. The van der Waals surface area contributed by atoms with E-state index < -0.39 is 0 Å².